The van der Waals surface area contributed by atoms with Crippen molar-refractivity contribution < 1.29 is 14.7 Å². The summed E-state index contributed by atoms with van der Waals surface area (Å²) in [4.78, 5) is 37.2. The van der Waals surface area contributed by atoms with E-state index in [1.165, 1.54) is 11.2 Å². The number of rotatable bonds is 4. The molecule has 1 unspecified atom stereocenters. The van der Waals surface area contributed by atoms with E-state index in [0.717, 1.165) is 22.7 Å². The van der Waals surface area contributed by atoms with E-state index in [2.05, 4.69) is 15.0 Å². The first-order valence-corrected chi connectivity index (χ1v) is 8.08. The number of aryl methyl sites for hydroxylation is 1. The van der Waals surface area contributed by atoms with Gasteiger partial charge in [-0.1, -0.05) is 6.07 Å². The number of hydrogen-bond donors (Lipinski definition) is 2. The molecule has 3 aromatic heterocycles. The van der Waals surface area contributed by atoms with Gasteiger partial charge in [0, 0.05) is 25.2 Å². The van der Waals surface area contributed by atoms with Gasteiger partial charge in [0.05, 0.1) is 30.0 Å². The number of carbonyl (C=O) groups is 2. The van der Waals surface area contributed by atoms with Gasteiger partial charge in [-0.2, -0.15) is 0 Å². The van der Waals surface area contributed by atoms with Crippen LogP contribution in [0.1, 0.15) is 23.5 Å². The Bertz CT molecular complexity index is 912. The summed E-state index contributed by atoms with van der Waals surface area (Å²) in [6.45, 7) is 0.246. The van der Waals surface area contributed by atoms with Crippen LogP contribution in [0.2, 0.25) is 0 Å². The van der Waals surface area contributed by atoms with E-state index >= 15 is 0 Å². The van der Waals surface area contributed by atoms with Crippen molar-refractivity contribution in [3.05, 3.63) is 54.0 Å². The van der Waals surface area contributed by atoms with Crippen molar-refractivity contribution in [1.82, 2.24) is 24.3 Å². The number of nitrogens with zero attached hydrogens (tertiary/aromatic N) is 4. The SMILES string of the molecule is O=C(O)C1Cc2nc[nH]c2CN1C(=O)CCc1cn2ccccc2n1. The normalized spacial score (nSPS) is 16.8. The first kappa shape index (κ1) is 15.4. The predicted octanol–water partition coefficient (Wildman–Crippen LogP) is 1.03. The number of carboxylic acid groups (broad SMARTS) is 1. The minimum atomic E-state index is -1.00. The van der Waals surface area contributed by atoms with E-state index in [1.807, 2.05) is 35.0 Å². The van der Waals surface area contributed by atoms with E-state index in [0.29, 0.717) is 6.42 Å². The smallest absolute Gasteiger partial charge is 0.326 e. The third-order valence-corrected chi connectivity index (χ3v) is 4.51. The van der Waals surface area contributed by atoms with Crippen molar-refractivity contribution in [2.24, 2.45) is 0 Å². The van der Waals surface area contributed by atoms with Crippen molar-refractivity contribution in [3.63, 3.8) is 0 Å². The summed E-state index contributed by atoms with van der Waals surface area (Å²) < 4.78 is 1.90. The summed E-state index contributed by atoms with van der Waals surface area (Å²) >= 11 is 0. The molecule has 128 valence electrons. The lowest BCUT2D eigenvalue weighted by molar-refractivity contribution is -0.151. The average molecular weight is 339 g/mol. The van der Waals surface area contributed by atoms with Gasteiger partial charge in [-0.15, -0.1) is 0 Å². The summed E-state index contributed by atoms with van der Waals surface area (Å²) in [6.07, 6.45) is 6.25. The molecule has 25 heavy (non-hydrogen) atoms. The summed E-state index contributed by atoms with van der Waals surface area (Å²) in [6, 6.07) is 4.85. The minimum Gasteiger partial charge on any atom is -0.480 e. The number of aliphatic carboxylic acids is 1. The van der Waals surface area contributed by atoms with Gasteiger partial charge in [0.15, 0.2) is 0 Å². The van der Waals surface area contributed by atoms with Crippen LogP contribution < -0.4 is 0 Å². The van der Waals surface area contributed by atoms with Gasteiger partial charge in [0.25, 0.3) is 0 Å². The van der Waals surface area contributed by atoms with E-state index in [1.54, 1.807) is 0 Å². The van der Waals surface area contributed by atoms with Crippen LogP contribution in [0, 0.1) is 0 Å². The van der Waals surface area contributed by atoms with Gasteiger partial charge < -0.3 is 19.4 Å². The molecule has 0 aliphatic carbocycles. The van der Waals surface area contributed by atoms with Gasteiger partial charge in [-0.3, -0.25) is 4.79 Å². The van der Waals surface area contributed by atoms with Crippen LogP contribution in [-0.2, 0) is 29.0 Å². The molecular weight excluding hydrogens is 322 g/mol. The fourth-order valence-corrected chi connectivity index (χ4v) is 3.20. The fraction of sp³-hybridized carbons (Fsp3) is 0.294. The number of aromatic amines is 1. The Balaban J connectivity index is 1.48. The van der Waals surface area contributed by atoms with Crippen LogP contribution in [0.3, 0.4) is 0 Å². The molecule has 0 radical (unpaired) electrons. The number of hydrogen-bond acceptors (Lipinski definition) is 4. The molecule has 1 aliphatic rings. The maximum atomic E-state index is 12.6. The van der Waals surface area contributed by atoms with Gasteiger partial charge in [-0.05, 0) is 18.6 Å². The predicted molar refractivity (Wildman–Crippen MR) is 87.8 cm³/mol. The molecule has 4 heterocycles. The monoisotopic (exact) mass is 339 g/mol. The number of imidazole rings is 2. The average Bonchev–Trinajstić information content (AvgIpc) is 3.23. The van der Waals surface area contributed by atoms with Gasteiger partial charge in [0.2, 0.25) is 5.91 Å². The van der Waals surface area contributed by atoms with Gasteiger partial charge in [0.1, 0.15) is 11.7 Å². The zero-order valence-electron chi connectivity index (χ0n) is 13.4. The second kappa shape index (κ2) is 6.04. The maximum Gasteiger partial charge on any atom is 0.326 e. The zero-order valence-corrected chi connectivity index (χ0v) is 13.4. The van der Waals surface area contributed by atoms with E-state index in [9.17, 15) is 14.7 Å². The molecule has 3 aromatic rings. The number of carboxylic acids is 1. The molecule has 0 fully saturated rings. The number of fused-ring (bicyclic) bond motifs is 2. The quantitative estimate of drug-likeness (QED) is 0.739. The lowest BCUT2D eigenvalue weighted by Gasteiger charge is -2.32. The van der Waals surface area contributed by atoms with Crippen molar-refractivity contribution in [1.29, 1.82) is 0 Å². The maximum absolute atomic E-state index is 12.6. The summed E-state index contributed by atoms with van der Waals surface area (Å²) in [5.74, 6) is -1.19. The Kier molecular flexibility index (Phi) is 3.72. The highest BCUT2D eigenvalue weighted by Gasteiger charge is 2.35. The Labute approximate surface area is 143 Å². The first-order valence-electron chi connectivity index (χ1n) is 8.08. The molecule has 0 spiro atoms. The molecule has 2 N–H and O–H groups in total. The molecule has 8 nitrogen and oxygen atoms in total. The van der Waals surface area contributed by atoms with Crippen molar-refractivity contribution >= 4 is 17.5 Å². The van der Waals surface area contributed by atoms with E-state index in [-0.39, 0.29) is 25.3 Å². The Morgan fingerprint density at radius 3 is 3.04 bits per heavy atom. The molecule has 0 saturated carbocycles. The molecule has 1 amide bonds. The van der Waals surface area contributed by atoms with E-state index < -0.39 is 12.0 Å². The van der Waals surface area contributed by atoms with Crippen LogP contribution in [0.5, 0.6) is 0 Å². The fourth-order valence-electron chi connectivity index (χ4n) is 3.20. The molecular formula is C17H17N5O3. The Morgan fingerprint density at radius 1 is 1.36 bits per heavy atom. The van der Waals surface area contributed by atoms with Crippen LogP contribution in [-0.4, -0.2) is 47.3 Å². The van der Waals surface area contributed by atoms with Crippen LogP contribution in [0.4, 0.5) is 0 Å². The molecule has 0 bridgehead atoms. The topological polar surface area (TPSA) is 104 Å². The third kappa shape index (κ3) is 2.86. The Morgan fingerprint density at radius 2 is 2.24 bits per heavy atom. The number of pyridine rings is 1. The number of amides is 1. The summed E-state index contributed by atoms with van der Waals surface area (Å²) in [5.41, 5.74) is 3.16. The minimum absolute atomic E-state index is 0.190. The lowest BCUT2D eigenvalue weighted by atomic mass is 10.0. The van der Waals surface area contributed by atoms with Crippen LogP contribution in [0.15, 0.2) is 36.9 Å². The Hall–Kier alpha value is -3.16. The lowest BCUT2D eigenvalue weighted by Crippen LogP contribution is -2.48. The highest BCUT2D eigenvalue weighted by atomic mass is 16.4. The number of H-pyrrole nitrogens is 1. The second-order valence-corrected chi connectivity index (χ2v) is 6.11. The number of carbonyl (C=O) groups excluding carboxylic acids is 1. The highest BCUT2D eigenvalue weighted by Crippen LogP contribution is 2.22. The number of aromatic nitrogens is 4. The van der Waals surface area contributed by atoms with Crippen molar-refractivity contribution in [2.75, 3.05) is 0 Å². The zero-order chi connectivity index (χ0) is 17.4. The van der Waals surface area contributed by atoms with Crippen LogP contribution in [0.25, 0.3) is 5.65 Å². The molecule has 1 aliphatic heterocycles. The van der Waals surface area contributed by atoms with Gasteiger partial charge >= 0.3 is 5.97 Å². The molecule has 0 aromatic carbocycles. The largest absolute Gasteiger partial charge is 0.480 e. The summed E-state index contributed by atoms with van der Waals surface area (Å²) in [7, 11) is 0. The van der Waals surface area contributed by atoms with Crippen molar-refractivity contribution in [3.8, 4) is 0 Å². The third-order valence-electron chi connectivity index (χ3n) is 4.51. The number of nitrogens with one attached hydrogen (secondary N) is 1. The van der Waals surface area contributed by atoms with E-state index in [4.69, 9.17) is 0 Å². The molecule has 0 saturated heterocycles. The first-order chi connectivity index (χ1) is 12.1. The summed E-state index contributed by atoms with van der Waals surface area (Å²) in [5, 5.41) is 9.45. The second-order valence-electron chi connectivity index (χ2n) is 6.11. The van der Waals surface area contributed by atoms with Crippen molar-refractivity contribution in [2.45, 2.75) is 31.8 Å². The van der Waals surface area contributed by atoms with Gasteiger partial charge in [-0.25, -0.2) is 14.8 Å². The highest BCUT2D eigenvalue weighted by molar-refractivity contribution is 5.84. The molecule has 8 heteroatoms. The molecule has 4 rings (SSSR count). The molecule has 1 atom stereocenters. The van der Waals surface area contributed by atoms with Crippen LogP contribution >= 0.6 is 0 Å². The standard InChI is InChI=1S/C17H17N5O3/c23-16(5-4-11-8-21-6-2-1-3-15(21)20-11)22-9-13-12(18-10-19-13)7-14(22)17(24)25/h1-3,6,8,10,14H,4-5,7,9H2,(H,18,19)(H,24,25).